The van der Waals surface area contributed by atoms with E-state index in [1.807, 2.05) is 26.0 Å². The lowest BCUT2D eigenvalue weighted by molar-refractivity contribution is -0.122. The monoisotopic (exact) mass is 338 g/mol. The largest absolute Gasteiger partial charge is 0.350 e. The maximum absolute atomic E-state index is 12.8. The fourth-order valence-electron chi connectivity index (χ4n) is 1.45. The number of rotatable bonds is 7. The predicted octanol–water partition coefficient (Wildman–Crippen LogP) is 2.92. The van der Waals surface area contributed by atoms with Crippen molar-refractivity contribution in [3.63, 3.8) is 0 Å². The predicted molar refractivity (Wildman–Crippen MR) is 85.5 cm³/mol. The standard InChI is InChI=1S/C14H20F2N2OS.ClH/c1-10-3-4-12(7-11(10)2)20-6-5-13(19)18-9-14(15,16)8-17;/h3-4,7H,5-6,8-9,17H2,1-2H3,(H,18,19);1H. The molecule has 3 N–H and O–H groups in total. The second-order valence-corrected chi connectivity index (χ2v) is 5.85. The molecule has 0 atom stereocenters. The number of aryl methyl sites for hydroxylation is 2. The van der Waals surface area contributed by atoms with Crippen molar-refractivity contribution in [3.8, 4) is 0 Å². The first kappa shape index (κ1) is 20.1. The molecule has 0 aliphatic rings. The molecule has 1 aromatic rings. The first-order chi connectivity index (χ1) is 9.34. The molecule has 21 heavy (non-hydrogen) atoms. The van der Waals surface area contributed by atoms with Gasteiger partial charge in [-0.2, -0.15) is 0 Å². The van der Waals surface area contributed by atoms with E-state index in [0.29, 0.717) is 5.75 Å². The Labute approximate surface area is 134 Å². The second kappa shape index (κ2) is 9.23. The fourth-order valence-corrected chi connectivity index (χ4v) is 2.40. The summed E-state index contributed by atoms with van der Waals surface area (Å²) < 4.78 is 25.7. The van der Waals surface area contributed by atoms with Crippen LogP contribution in [-0.2, 0) is 4.79 Å². The van der Waals surface area contributed by atoms with Gasteiger partial charge in [-0.3, -0.25) is 4.79 Å². The van der Waals surface area contributed by atoms with Crippen LogP contribution in [0.15, 0.2) is 23.1 Å². The van der Waals surface area contributed by atoms with Gasteiger partial charge in [0.2, 0.25) is 5.91 Å². The average Bonchev–Trinajstić information content (AvgIpc) is 2.41. The summed E-state index contributed by atoms with van der Waals surface area (Å²) in [6.45, 7) is 2.61. The quantitative estimate of drug-likeness (QED) is 0.752. The van der Waals surface area contributed by atoms with Crippen molar-refractivity contribution in [1.29, 1.82) is 0 Å². The van der Waals surface area contributed by atoms with Gasteiger partial charge < -0.3 is 11.1 Å². The third-order valence-corrected chi connectivity index (χ3v) is 3.91. The Hall–Kier alpha value is -0.850. The number of benzene rings is 1. The minimum Gasteiger partial charge on any atom is -0.350 e. The number of halogens is 3. The Morgan fingerprint density at radius 1 is 1.33 bits per heavy atom. The average molecular weight is 339 g/mol. The highest BCUT2D eigenvalue weighted by atomic mass is 35.5. The van der Waals surface area contributed by atoms with Gasteiger partial charge in [-0.1, -0.05) is 6.07 Å². The Morgan fingerprint density at radius 2 is 2.00 bits per heavy atom. The first-order valence-corrected chi connectivity index (χ1v) is 7.37. The van der Waals surface area contributed by atoms with Crippen molar-refractivity contribution >= 4 is 30.1 Å². The number of carbonyl (C=O) groups excluding carboxylic acids is 1. The second-order valence-electron chi connectivity index (χ2n) is 4.68. The van der Waals surface area contributed by atoms with E-state index in [2.05, 4.69) is 11.4 Å². The van der Waals surface area contributed by atoms with Gasteiger partial charge in [0.1, 0.15) is 0 Å². The zero-order chi connectivity index (χ0) is 15.2. The van der Waals surface area contributed by atoms with E-state index in [1.165, 1.54) is 22.9 Å². The highest BCUT2D eigenvalue weighted by Gasteiger charge is 2.26. The molecular weight excluding hydrogens is 318 g/mol. The Morgan fingerprint density at radius 3 is 2.57 bits per heavy atom. The maximum atomic E-state index is 12.8. The van der Waals surface area contributed by atoms with Crippen LogP contribution in [-0.4, -0.2) is 30.7 Å². The number of alkyl halides is 2. The summed E-state index contributed by atoms with van der Waals surface area (Å²) in [6.07, 6.45) is 0.207. The SMILES string of the molecule is Cc1ccc(SCCC(=O)NCC(F)(F)CN)cc1C.Cl. The molecular formula is C14H21ClF2N2OS. The van der Waals surface area contributed by atoms with E-state index < -0.39 is 19.0 Å². The Balaban J connectivity index is 0.00000400. The van der Waals surface area contributed by atoms with Crippen LogP contribution in [0.25, 0.3) is 0 Å². The third-order valence-electron chi connectivity index (χ3n) is 2.92. The van der Waals surface area contributed by atoms with E-state index in [9.17, 15) is 13.6 Å². The van der Waals surface area contributed by atoms with Gasteiger partial charge in [-0.25, -0.2) is 8.78 Å². The molecule has 1 aromatic carbocycles. The number of amides is 1. The summed E-state index contributed by atoms with van der Waals surface area (Å²) in [6, 6.07) is 6.08. The first-order valence-electron chi connectivity index (χ1n) is 6.39. The molecule has 0 aliphatic heterocycles. The molecule has 0 radical (unpaired) electrons. The normalized spacial score (nSPS) is 10.9. The van der Waals surface area contributed by atoms with E-state index in [0.717, 1.165) is 4.90 Å². The van der Waals surface area contributed by atoms with Crippen molar-refractivity contribution in [2.75, 3.05) is 18.8 Å². The minimum absolute atomic E-state index is 0. The number of hydrogen-bond donors (Lipinski definition) is 2. The van der Waals surface area contributed by atoms with Crippen LogP contribution in [0.3, 0.4) is 0 Å². The van der Waals surface area contributed by atoms with Crippen LogP contribution < -0.4 is 11.1 Å². The van der Waals surface area contributed by atoms with Crippen molar-refractivity contribution in [2.45, 2.75) is 31.1 Å². The van der Waals surface area contributed by atoms with Gasteiger partial charge in [0, 0.05) is 17.1 Å². The molecule has 1 rings (SSSR count). The molecule has 3 nitrogen and oxygen atoms in total. The number of nitrogens with one attached hydrogen (secondary N) is 1. The fraction of sp³-hybridized carbons (Fsp3) is 0.500. The van der Waals surface area contributed by atoms with Crippen LogP contribution in [0.2, 0.25) is 0 Å². The van der Waals surface area contributed by atoms with E-state index in [4.69, 9.17) is 5.73 Å². The Bertz CT molecular complexity index is 472. The van der Waals surface area contributed by atoms with Crippen LogP contribution in [0, 0.1) is 13.8 Å². The van der Waals surface area contributed by atoms with E-state index >= 15 is 0 Å². The van der Waals surface area contributed by atoms with Gasteiger partial charge in [0.05, 0.1) is 13.1 Å². The van der Waals surface area contributed by atoms with Crippen LogP contribution in [0.5, 0.6) is 0 Å². The molecule has 0 unspecified atom stereocenters. The number of carbonyl (C=O) groups is 1. The van der Waals surface area contributed by atoms with E-state index in [-0.39, 0.29) is 24.7 Å². The molecule has 1 amide bonds. The summed E-state index contributed by atoms with van der Waals surface area (Å²) in [5, 5.41) is 2.20. The van der Waals surface area contributed by atoms with Crippen molar-refractivity contribution in [1.82, 2.24) is 5.32 Å². The van der Waals surface area contributed by atoms with Gasteiger partial charge in [-0.15, -0.1) is 24.2 Å². The highest BCUT2D eigenvalue weighted by Crippen LogP contribution is 2.21. The van der Waals surface area contributed by atoms with Crippen LogP contribution in [0.1, 0.15) is 17.5 Å². The summed E-state index contributed by atoms with van der Waals surface area (Å²) >= 11 is 1.54. The molecule has 7 heteroatoms. The molecule has 0 spiro atoms. The van der Waals surface area contributed by atoms with Crippen molar-refractivity contribution in [3.05, 3.63) is 29.3 Å². The molecule has 0 saturated heterocycles. The third kappa shape index (κ3) is 7.64. The molecule has 120 valence electrons. The smallest absolute Gasteiger partial charge is 0.277 e. The molecule has 0 aromatic heterocycles. The topological polar surface area (TPSA) is 55.1 Å². The summed E-state index contributed by atoms with van der Waals surface area (Å²) in [5.41, 5.74) is 7.30. The number of hydrogen-bond acceptors (Lipinski definition) is 3. The molecule has 0 aliphatic carbocycles. The maximum Gasteiger partial charge on any atom is 0.277 e. The van der Waals surface area contributed by atoms with Crippen LogP contribution >= 0.6 is 24.2 Å². The summed E-state index contributed by atoms with van der Waals surface area (Å²) in [7, 11) is 0. The minimum atomic E-state index is -3.03. The Kier molecular flexibility index (Phi) is 8.85. The van der Waals surface area contributed by atoms with Crippen molar-refractivity contribution in [2.24, 2.45) is 5.73 Å². The highest BCUT2D eigenvalue weighted by molar-refractivity contribution is 7.99. The van der Waals surface area contributed by atoms with Gasteiger partial charge in [0.25, 0.3) is 5.92 Å². The molecule has 0 heterocycles. The number of thioether (sulfide) groups is 1. The zero-order valence-electron chi connectivity index (χ0n) is 12.1. The lowest BCUT2D eigenvalue weighted by Gasteiger charge is -2.14. The lowest BCUT2D eigenvalue weighted by Crippen LogP contribution is -2.41. The van der Waals surface area contributed by atoms with Gasteiger partial charge in [0.15, 0.2) is 0 Å². The molecule has 0 saturated carbocycles. The summed E-state index contributed by atoms with van der Waals surface area (Å²) in [4.78, 5) is 12.5. The molecule has 0 fully saturated rings. The number of nitrogens with two attached hydrogens (primary N) is 1. The van der Waals surface area contributed by atoms with Crippen LogP contribution in [0.4, 0.5) is 8.78 Å². The molecule has 0 bridgehead atoms. The van der Waals surface area contributed by atoms with Crippen molar-refractivity contribution < 1.29 is 13.6 Å². The van der Waals surface area contributed by atoms with E-state index in [1.54, 1.807) is 0 Å². The lowest BCUT2D eigenvalue weighted by atomic mass is 10.1. The zero-order valence-corrected chi connectivity index (χ0v) is 13.8. The summed E-state index contributed by atoms with van der Waals surface area (Å²) in [5.74, 6) is -2.85. The van der Waals surface area contributed by atoms with Gasteiger partial charge >= 0.3 is 0 Å². The van der Waals surface area contributed by atoms with Gasteiger partial charge in [-0.05, 0) is 37.1 Å².